The average Bonchev–Trinajstić information content (AvgIpc) is 3.42. The lowest BCUT2D eigenvalue weighted by atomic mass is 10.1. The van der Waals surface area contributed by atoms with Crippen LogP contribution < -0.4 is 5.32 Å². The summed E-state index contributed by atoms with van der Waals surface area (Å²) in [7, 11) is 0. The Balaban J connectivity index is 1.67. The molecule has 0 radical (unpaired) electrons. The number of ether oxygens (including phenoxy) is 1. The van der Waals surface area contributed by atoms with Gasteiger partial charge in [0.2, 0.25) is 0 Å². The monoisotopic (exact) mass is 532 g/mol. The van der Waals surface area contributed by atoms with Gasteiger partial charge < -0.3 is 25.4 Å². The van der Waals surface area contributed by atoms with Gasteiger partial charge in [0.25, 0.3) is 0 Å². The van der Waals surface area contributed by atoms with E-state index in [9.17, 15) is 19.7 Å². The van der Waals surface area contributed by atoms with Crippen LogP contribution in [0.1, 0.15) is 68.4 Å². The van der Waals surface area contributed by atoms with Crippen LogP contribution in [-0.4, -0.2) is 83.4 Å². The fraction of sp³-hybridized carbons (Fsp3) is 0.583. The molecular formula is C24H31FN6O4S. The first-order valence-corrected chi connectivity index (χ1v) is 11.8. The average molecular weight is 533 g/mol. The van der Waals surface area contributed by atoms with Crippen LogP contribution >= 0.6 is 11.8 Å². The molecule has 2 fully saturated rings. The van der Waals surface area contributed by atoms with Gasteiger partial charge in [-0.05, 0) is 36.9 Å². The van der Waals surface area contributed by atoms with Crippen molar-refractivity contribution >= 4 is 28.7 Å². The summed E-state index contributed by atoms with van der Waals surface area (Å²) >= 11 is 1.01. The van der Waals surface area contributed by atoms with Crippen LogP contribution in [0.25, 0.3) is 11.2 Å². The number of rotatable bonds is 10. The number of fused-ring (bicyclic) bond motifs is 1. The Bertz CT molecular complexity index is 1860. The first-order chi connectivity index (χ1) is 22.6. The maximum atomic E-state index is 14.7. The molecule has 0 amide bonds. The fourth-order valence-electron chi connectivity index (χ4n) is 3.40. The van der Waals surface area contributed by atoms with Gasteiger partial charge in [0.15, 0.2) is 22.1 Å². The lowest BCUT2D eigenvalue weighted by Crippen LogP contribution is -2.33. The number of anilines is 1. The molecule has 36 heavy (non-hydrogen) atoms. The van der Waals surface area contributed by atoms with Gasteiger partial charge in [-0.25, -0.2) is 19.0 Å². The van der Waals surface area contributed by atoms with Crippen molar-refractivity contribution in [3.63, 3.8) is 0 Å². The van der Waals surface area contributed by atoms with Crippen molar-refractivity contribution in [2.75, 3.05) is 24.2 Å². The molecule has 2 aliphatic carbocycles. The Morgan fingerprint density at radius 2 is 2.22 bits per heavy atom. The molecule has 0 aliphatic heterocycles. The highest BCUT2D eigenvalue weighted by Gasteiger charge is 2.45. The minimum atomic E-state index is -4.32. The second-order valence-corrected chi connectivity index (χ2v) is 8.89. The molecule has 2 aromatic heterocycles. The Labute approximate surface area is 232 Å². The third-order valence-corrected chi connectivity index (χ3v) is 6.34. The molecular weight excluding hydrogens is 487 g/mol. The van der Waals surface area contributed by atoms with Gasteiger partial charge in [0.1, 0.15) is 18.0 Å². The fourth-order valence-corrected chi connectivity index (χ4v) is 4.09. The lowest BCUT2D eigenvalue weighted by molar-refractivity contribution is -0.0629. The van der Waals surface area contributed by atoms with Crippen molar-refractivity contribution < 1.29 is 43.6 Å². The Morgan fingerprint density at radius 3 is 3.00 bits per heavy atom. The van der Waals surface area contributed by atoms with Crippen molar-refractivity contribution in [2.24, 2.45) is 0 Å². The zero-order valence-corrected chi connectivity index (χ0v) is 19.8. The Hall–Kier alpha value is -2.38. The van der Waals surface area contributed by atoms with E-state index in [4.69, 9.17) is 19.2 Å². The molecule has 2 heterocycles. The Morgan fingerprint density at radius 1 is 1.39 bits per heavy atom. The number of aliphatic hydroxyl groups is 3. The smallest absolute Gasteiger partial charge is 0.191 e. The third kappa shape index (κ3) is 4.92. The predicted octanol–water partition coefficient (Wildman–Crippen LogP) is 2.18. The molecule has 4 N–H and O–H groups in total. The van der Waals surface area contributed by atoms with E-state index < -0.39 is 90.8 Å². The Kier molecular flexibility index (Phi) is 3.93. The highest BCUT2D eigenvalue weighted by molar-refractivity contribution is 7.99. The first-order valence-electron chi connectivity index (χ1n) is 17.8. The second kappa shape index (κ2) is 10.5. The van der Waals surface area contributed by atoms with Crippen LogP contribution in [0, 0.1) is 12.7 Å². The van der Waals surface area contributed by atoms with E-state index in [2.05, 4.69) is 30.3 Å². The standard InChI is InChI=1S/C24H31FN6O4S/c1-3-8-36-24-27-22(26-16-10-14(16)13-5-4-12(2)15(25)9-13)19-23(28-24)31(30-29-19)17-11-18(35-7-6-32)21(34)20(17)33/h4-5,9,14,16-18,20-21,32-34H,3,6-8,10-11H2,1-2H3,(H,26,27,28)/t14-,16+,17+,18-,20-,21+/m0/s1/i4D,5D,6D2,7D2,9D,11D2,16D,17D,18D,20D,21D. The van der Waals surface area contributed by atoms with Gasteiger partial charge in [0, 0.05) is 26.8 Å². The van der Waals surface area contributed by atoms with E-state index in [0.717, 1.165) is 11.8 Å². The highest BCUT2D eigenvalue weighted by atomic mass is 32.2. The second-order valence-electron chi connectivity index (χ2n) is 7.83. The topological polar surface area (TPSA) is 138 Å². The van der Waals surface area contributed by atoms with Crippen LogP contribution in [0.4, 0.5) is 10.2 Å². The lowest BCUT2D eigenvalue weighted by Gasteiger charge is -2.17. The predicted molar refractivity (Wildman–Crippen MR) is 133 cm³/mol. The molecule has 3 aromatic rings. The number of halogens is 1. The maximum Gasteiger partial charge on any atom is 0.191 e. The largest absolute Gasteiger partial charge is 0.394 e. The summed E-state index contributed by atoms with van der Waals surface area (Å²) in [5.74, 6) is -1.98. The van der Waals surface area contributed by atoms with Crippen LogP contribution in [0.5, 0.6) is 0 Å². The molecule has 12 heteroatoms. The quantitative estimate of drug-likeness (QED) is 0.227. The molecule has 2 aliphatic rings. The van der Waals surface area contributed by atoms with Crippen molar-refractivity contribution in [3.05, 3.63) is 35.1 Å². The summed E-state index contributed by atoms with van der Waals surface area (Å²) in [5, 5.41) is 42.0. The van der Waals surface area contributed by atoms with Gasteiger partial charge >= 0.3 is 0 Å². The first kappa shape index (κ1) is 13.4. The molecule has 6 atom stereocenters. The number of thioether (sulfide) groups is 1. The molecule has 10 nitrogen and oxygen atoms in total. The number of hydrogen-bond donors (Lipinski definition) is 4. The van der Waals surface area contributed by atoms with Crippen molar-refractivity contribution in [2.45, 2.75) is 74.4 Å². The highest BCUT2D eigenvalue weighted by Crippen LogP contribution is 2.44. The summed E-state index contributed by atoms with van der Waals surface area (Å²) in [6.07, 6.45) is -16.4. The van der Waals surface area contributed by atoms with Crippen LogP contribution in [0.2, 0.25) is 0 Å². The van der Waals surface area contributed by atoms with E-state index >= 15 is 0 Å². The summed E-state index contributed by atoms with van der Waals surface area (Å²) in [4.78, 5) is 8.53. The van der Waals surface area contributed by atoms with E-state index in [1.54, 1.807) is 0 Å². The van der Waals surface area contributed by atoms with Gasteiger partial charge in [-0.2, -0.15) is 0 Å². The molecule has 2 saturated carbocycles. The summed E-state index contributed by atoms with van der Waals surface area (Å²) in [5.41, 5.74) is -1.54. The molecule has 0 spiro atoms. The van der Waals surface area contributed by atoms with Crippen LogP contribution in [-0.2, 0) is 4.74 Å². The summed E-state index contributed by atoms with van der Waals surface area (Å²) in [6.45, 7) is -4.99. The van der Waals surface area contributed by atoms with Crippen molar-refractivity contribution in [1.82, 2.24) is 25.0 Å². The van der Waals surface area contributed by atoms with E-state index in [0.29, 0.717) is 12.2 Å². The summed E-state index contributed by atoms with van der Waals surface area (Å²) < 4.78 is 135. The zero-order valence-electron chi connectivity index (χ0n) is 33.0. The molecule has 0 bridgehead atoms. The van der Waals surface area contributed by atoms with Crippen molar-refractivity contribution in [3.8, 4) is 0 Å². The molecule has 0 unspecified atom stereocenters. The number of nitrogens with zero attached hydrogens (tertiary/aromatic N) is 5. The number of hydrogen-bond acceptors (Lipinski definition) is 10. The van der Waals surface area contributed by atoms with E-state index in [1.807, 2.05) is 6.92 Å². The minimum absolute atomic E-state index is 0.119. The van der Waals surface area contributed by atoms with E-state index in [1.165, 1.54) is 6.92 Å². The van der Waals surface area contributed by atoms with Gasteiger partial charge in [-0.1, -0.05) is 36.0 Å². The number of aromatic nitrogens is 5. The van der Waals surface area contributed by atoms with Gasteiger partial charge in [-0.3, -0.25) is 0 Å². The normalized spacial score (nSPS) is 45.7. The van der Waals surface area contributed by atoms with E-state index in [-0.39, 0.29) is 33.2 Å². The molecule has 5 rings (SSSR count). The SMILES string of the molecule is [2H]c1c([2H])c([C@@H]2C[C@@]2([2H])Nc2nc(SCCC)nc3c2nnn3[C@]2([2H])C([2H])([2H])[C@]([2H])(OC([2H])([2H])C([2H])([2H])O)[C@@]([2H])(O)[C@@]2([2H])O)c([2H])c(F)c1C. The zero-order chi connectivity index (χ0) is 38.0. The number of nitrogens with one attached hydrogen (secondary N) is 1. The van der Waals surface area contributed by atoms with Crippen molar-refractivity contribution in [1.29, 1.82) is 0 Å². The molecule has 194 valence electrons. The van der Waals surface area contributed by atoms with Crippen LogP contribution in [0.3, 0.4) is 0 Å². The summed E-state index contributed by atoms with van der Waals surface area (Å²) in [6, 6.07) is -7.26. The van der Waals surface area contributed by atoms with Crippen LogP contribution in [0.15, 0.2) is 23.3 Å². The molecule has 1 aromatic carbocycles. The maximum absolute atomic E-state index is 14.7. The van der Waals surface area contributed by atoms with Gasteiger partial charge in [-0.15, -0.1) is 5.10 Å². The van der Waals surface area contributed by atoms with Gasteiger partial charge in [0.05, 0.1) is 41.7 Å². The minimum Gasteiger partial charge on any atom is -0.394 e. The third-order valence-electron chi connectivity index (χ3n) is 5.29. The molecule has 0 saturated heterocycles. The number of benzene rings is 1.